The molecule has 1 rings (SSSR count). The summed E-state index contributed by atoms with van der Waals surface area (Å²) in [6.45, 7) is 3.65. The number of rotatable bonds is 47. The third-order valence-corrected chi connectivity index (χ3v) is 13.1. The lowest BCUT2D eigenvalue weighted by molar-refractivity contribution is -0.302. The van der Waals surface area contributed by atoms with E-state index in [-0.39, 0.29) is 12.5 Å². The Morgan fingerprint density at radius 1 is 0.515 bits per heavy atom. The first-order chi connectivity index (χ1) is 33.3. The van der Waals surface area contributed by atoms with Crippen LogP contribution in [0.5, 0.6) is 0 Å². The molecule has 1 fully saturated rings. The number of carbonyl (C=O) groups is 1. The molecule has 1 aliphatic heterocycles. The molecule has 1 amide bonds. The number of amides is 1. The lowest BCUT2D eigenvalue weighted by Crippen LogP contribution is -2.60. The minimum Gasteiger partial charge on any atom is -0.394 e. The van der Waals surface area contributed by atoms with Crippen molar-refractivity contribution in [1.29, 1.82) is 0 Å². The number of ether oxygens (including phenoxy) is 2. The van der Waals surface area contributed by atoms with Gasteiger partial charge in [-0.25, -0.2) is 0 Å². The van der Waals surface area contributed by atoms with E-state index in [0.29, 0.717) is 12.8 Å². The van der Waals surface area contributed by atoms with Gasteiger partial charge in [-0.15, -0.1) is 0 Å². The summed E-state index contributed by atoms with van der Waals surface area (Å²) in [5.74, 6) is -0.149. The van der Waals surface area contributed by atoms with Gasteiger partial charge in [-0.05, 0) is 64.2 Å². The van der Waals surface area contributed by atoms with Crippen molar-refractivity contribution in [3.8, 4) is 0 Å². The SMILES string of the molecule is CC/C=C\C/C=C\C/C=C\C/C=C\C/C=C\C/C=C\CCCCCCCCCCCCCCCCCCCCCCC(=O)NC(COC1OC(CO)C(O)C(O)C1O)C(O)CCCCCCCC. The van der Waals surface area contributed by atoms with E-state index >= 15 is 0 Å². The fourth-order valence-corrected chi connectivity index (χ4v) is 8.64. The number of hydrogen-bond acceptors (Lipinski definition) is 8. The van der Waals surface area contributed by atoms with Crippen molar-refractivity contribution in [3.05, 3.63) is 72.9 Å². The summed E-state index contributed by atoms with van der Waals surface area (Å²) in [5.41, 5.74) is 0. The van der Waals surface area contributed by atoms with Crippen molar-refractivity contribution >= 4 is 5.91 Å². The predicted molar refractivity (Wildman–Crippen MR) is 285 cm³/mol. The predicted octanol–water partition coefficient (Wildman–Crippen LogP) is 13.7. The van der Waals surface area contributed by atoms with E-state index in [9.17, 15) is 30.3 Å². The minimum absolute atomic E-state index is 0.139. The second-order valence-electron chi connectivity index (χ2n) is 19.4. The van der Waals surface area contributed by atoms with Crippen LogP contribution in [0.2, 0.25) is 0 Å². The fourth-order valence-electron chi connectivity index (χ4n) is 8.64. The van der Waals surface area contributed by atoms with E-state index in [0.717, 1.165) is 77.0 Å². The Morgan fingerprint density at radius 2 is 0.912 bits per heavy atom. The average Bonchev–Trinajstić information content (AvgIpc) is 3.34. The van der Waals surface area contributed by atoms with Crippen LogP contribution in [0.1, 0.15) is 239 Å². The third-order valence-electron chi connectivity index (χ3n) is 13.1. The Kier molecular flexibility index (Phi) is 45.2. The van der Waals surface area contributed by atoms with Crippen LogP contribution in [-0.4, -0.2) is 87.5 Å². The van der Waals surface area contributed by atoms with Crippen molar-refractivity contribution in [2.24, 2.45) is 0 Å². The molecule has 7 atom stereocenters. The monoisotopic (exact) mass is 956 g/mol. The van der Waals surface area contributed by atoms with E-state index < -0.39 is 49.5 Å². The molecule has 7 unspecified atom stereocenters. The molecule has 1 saturated heterocycles. The summed E-state index contributed by atoms with van der Waals surface area (Å²) in [6.07, 6.45) is 60.0. The van der Waals surface area contributed by atoms with E-state index in [4.69, 9.17) is 9.47 Å². The van der Waals surface area contributed by atoms with Gasteiger partial charge in [0, 0.05) is 6.42 Å². The van der Waals surface area contributed by atoms with Crippen LogP contribution in [0.25, 0.3) is 0 Å². The number of aliphatic hydroxyl groups is 5. The highest BCUT2D eigenvalue weighted by atomic mass is 16.7. The van der Waals surface area contributed by atoms with Gasteiger partial charge in [0.2, 0.25) is 5.91 Å². The molecule has 1 heterocycles. The Morgan fingerprint density at radius 3 is 1.35 bits per heavy atom. The van der Waals surface area contributed by atoms with Crippen LogP contribution in [0.4, 0.5) is 0 Å². The summed E-state index contributed by atoms with van der Waals surface area (Å²) >= 11 is 0. The molecule has 0 aliphatic carbocycles. The third kappa shape index (κ3) is 37.5. The largest absolute Gasteiger partial charge is 0.394 e. The highest BCUT2D eigenvalue weighted by Gasteiger charge is 2.44. The topological polar surface area (TPSA) is 149 Å². The number of allylic oxidation sites excluding steroid dienone is 12. The lowest BCUT2D eigenvalue weighted by Gasteiger charge is -2.40. The number of carbonyl (C=O) groups excluding carboxylic acids is 1. The van der Waals surface area contributed by atoms with Gasteiger partial charge >= 0.3 is 0 Å². The zero-order valence-electron chi connectivity index (χ0n) is 43.6. The zero-order valence-corrected chi connectivity index (χ0v) is 43.6. The second-order valence-corrected chi connectivity index (χ2v) is 19.4. The average molecular weight is 956 g/mol. The molecule has 0 aromatic carbocycles. The maximum Gasteiger partial charge on any atom is 0.220 e. The summed E-state index contributed by atoms with van der Waals surface area (Å²) in [7, 11) is 0. The van der Waals surface area contributed by atoms with Gasteiger partial charge in [-0.1, -0.05) is 241 Å². The van der Waals surface area contributed by atoms with Gasteiger partial charge in [0.15, 0.2) is 6.29 Å². The van der Waals surface area contributed by atoms with Gasteiger partial charge in [0.05, 0.1) is 25.4 Å². The Bertz CT molecular complexity index is 1290. The molecule has 6 N–H and O–H groups in total. The van der Waals surface area contributed by atoms with Gasteiger partial charge in [-0.3, -0.25) is 4.79 Å². The first kappa shape index (κ1) is 63.6. The smallest absolute Gasteiger partial charge is 0.220 e. The minimum atomic E-state index is -1.55. The van der Waals surface area contributed by atoms with Crippen LogP contribution >= 0.6 is 0 Å². The van der Waals surface area contributed by atoms with Crippen molar-refractivity contribution < 1.29 is 39.8 Å². The summed E-state index contributed by atoms with van der Waals surface area (Å²) in [4.78, 5) is 12.9. The zero-order chi connectivity index (χ0) is 49.4. The van der Waals surface area contributed by atoms with Gasteiger partial charge in [-0.2, -0.15) is 0 Å². The molecule has 1 aliphatic rings. The molecule has 0 saturated carbocycles. The first-order valence-electron chi connectivity index (χ1n) is 28.1. The highest BCUT2D eigenvalue weighted by Crippen LogP contribution is 2.23. The molecule has 0 aromatic heterocycles. The van der Waals surface area contributed by atoms with Gasteiger partial charge in [0.25, 0.3) is 0 Å². The molecular formula is C59H105NO8. The number of aliphatic hydroxyl groups excluding tert-OH is 5. The molecule has 9 heteroatoms. The quantitative estimate of drug-likeness (QED) is 0.0261. The Labute approximate surface area is 417 Å². The molecular weight excluding hydrogens is 851 g/mol. The van der Waals surface area contributed by atoms with E-state index in [1.165, 1.54) is 135 Å². The Balaban J connectivity index is 1.98. The summed E-state index contributed by atoms with van der Waals surface area (Å²) in [5, 5.41) is 54.1. The summed E-state index contributed by atoms with van der Waals surface area (Å²) in [6, 6.07) is -0.716. The highest BCUT2D eigenvalue weighted by molar-refractivity contribution is 5.76. The maximum atomic E-state index is 12.9. The van der Waals surface area contributed by atoms with Crippen LogP contribution in [0.15, 0.2) is 72.9 Å². The molecule has 68 heavy (non-hydrogen) atoms. The molecule has 0 aromatic rings. The number of nitrogens with one attached hydrogen (secondary N) is 1. The molecule has 0 radical (unpaired) electrons. The Hall–Kier alpha value is -2.37. The van der Waals surface area contributed by atoms with Crippen LogP contribution in [0, 0.1) is 0 Å². The standard InChI is InChI=1S/C59H105NO8/c1-3-5-7-9-11-12-13-14-15-16-17-18-19-20-21-22-23-24-25-26-27-28-29-30-31-32-33-34-35-36-37-38-39-40-41-42-43-45-47-49-55(63)60-52(53(62)48-46-44-10-8-6-4-2)51-67-59-58(66)57(65)56(64)54(50-61)68-59/h5,7,11-12,14-15,17-18,20-21,23-24,52-54,56-59,61-62,64-66H,3-4,6,8-10,13,16,19,22,25-51H2,1-2H3,(H,60,63)/b7-5-,12-11-,15-14-,18-17-,21-20-,24-23-. The van der Waals surface area contributed by atoms with Crippen molar-refractivity contribution in [3.63, 3.8) is 0 Å². The van der Waals surface area contributed by atoms with Crippen LogP contribution in [-0.2, 0) is 14.3 Å². The van der Waals surface area contributed by atoms with Crippen LogP contribution < -0.4 is 5.32 Å². The second kappa shape index (κ2) is 48.3. The molecule has 9 nitrogen and oxygen atoms in total. The maximum absolute atomic E-state index is 12.9. The molecule has 394 valence electrons. The van der Waals surface area contributed by atoms with Gasteiger partial charge < -0.3 is 40.3 Å². The van der Waals surface area contributed by atoms with E-state index in [1.54, 1.807) is 0 Å². The van der Waals surface area contributed by atoms with Crippen molar-refractivity contribution in [1.82, 2.24) is 5.32 Å². The number of unbranched alkanes of at least 4 members (excludes halogenated alkanes) is 25. The van der Waals surface area contributed by atoms with Crippen LogP contribution in [0.3, 0.4) is 0 Å². The van der Waals surface area contributed by atoms with Crippen molar-refractivity contribution in [2.75, 3.05) is 13.2 Å². The normalized spacial score (nSPS) is 20.1. The lowest BCUT2D eigenvalue weighted by atomic mass is 9.99. The summed E-state index contributed by atoms with van der Waals surface area (Å²) < 4.78 is 11.2. The number of hydrogen-bond donors (Lipinski definition) is 6. The van der Waals surface area contributed by atoms with Gasteiger partial charge in [0.1, 0.15) is 24.4 Å². The van der Waals surface area contributed by atoms with E-state index in [2.05, 4.69) is 92.1 Å². The van der Waals surface area contributed by atoms with Crippen molar-refractivity contribution in [2.45, 2.75) is 281 Å². The van der Waals surface area contributed by atoms with E-state index in [1.807, 2.05) is 0 Å². The molecule has 0 bridgehead atoms. The fraction of sp³-hybridized carbons (Fsp3) is 0.780. The molecule has 0 spiro atoms. The first-order valence-corrected chi connectivity index (χ1v) is 28.1.